The van der Waals surface area contributed by atoms with E-state index >= 15 is 0 Å². The van der Waals surface area contributed by atoms with Gasteiger partial charge in [0.05, 0.1) is 0 Å². The summed E-state index contributed by atoms with van der Waals surface area (Å²) in [4.78, 5) is 16.0. The maximum absolute atomic E-state index is 11.9. The van der Waals surface area contributed by atoms with Gasteiger partial charge in [-0.05, 0) is 35.4 Å². The second kappa shape index (κ2) is 6.45. The molecule has 0 radical (unpaired) electrons. The Balaban J connectivity index is 2.01. The van der Waals surface area contributed by atoms with Crippen LogP contribution in [-0.2, 0) is 13.1 Å². The predicted molar refractivity (Wildman–Crippen MR) is 77.4 cm³/mol. The number of carbonyl (C=O) groups excluding carboxylic acids is 1. The standard InChI is InChI=1S/C14H14BrN3O/c15-12-3-1-2-11(6-12)9-18-14(19)13-7-10(8-16)4-5-17-13/h1-7H,8-9,16H2,(H,18,19). The summed E-state index contributed by atoms with van der Waals surface area (Å²) < 4.78 is 0.988. The van der Waals surface area contributed by atoms with E-state index in [1.54, 1.807) is 18.3 Å². The summed E-state index contributed by atoms with van der Waals surface area (Å²) in [5.74, 6) is -0.199. The number of benzene rings is 1. The fourth-order valence-electron chi connectivity index (χ4n) is 1.65. The number of amides is 1. The number of carbonyl (C=O) groups is 1. The second-order valence-corrected chi connectivity index (χ2v) is 4.98. The second-order valence-electron chi connectivity index (χ2n) is 4.07. The Hall–Kier alpha value is -1.72. The average molecular weight is 320 g/mol. The minimum Gasteiger partial charge on any atom is -0.347 e. The lowest BCUT2D eigenvalue weighted by atomic mass is 10.2. The highest BCUT2D eigenvalue weighted by Gasteiger charge is 2.07. The molecule has 5 heteroatoms. The Bertz CT molecular complexity index is 586. The smallest absolute Gasteiger partial charge is 0.270 e. The molecule has 0 unspecified atom stereocenters. The molecule has 0 spiro atoms. The summed E-state index contributed by atoms with van der Waals surface area (Å²) in [6.45, 7) is 0.862. The van der Waals surface area contributed by atoms with Crippen molar-refractivity contribution in [1.29, 1.82) is 0 Å². The molecule has 98 valence electrons. The number of hydrogen-bond acceptors (Lipinski definition) is 3. The van der Waals surface area contributed by atoms with Gasteiger partial charge >= 0.3 is 0 Å². The van der Waals surface area contributed by atoms with E-state index in [2.05, 4.69) is 26.2 Å². The molecule has 1 aromatic heterocycles. The van der Waals surface area contributed by atoms with Gasteiger partial charge in [-0.1, -0.05) is 28.1 Å². The van der Waals surface area contributed by atoms with Gasteiger partial charge in [-0.25, -0.2) is 0 Å². The number of hydrogen-bond donors (Lipinski definition) is 2. The highest BCUT2D eigenvalue weighted by atomic mass is 79.9. The fourth-order valence-corrected chi connectivity index (χ4v) is 2.09. The minimum atomic E-state index is -0.199. The van der Waals surface area contributed by atoms with E-state index in [1.165, 1.54) is 0 Å². The first-order chi connectivity index (χ1) is 9.19. The molecule has 0 aliphatic heterocycles. The van der Waals surface area contributed by atoms with Crippen LogP contribution >= 0.6 is 15.9 Å². The Kier molecular flexibility index (Phi) is 4.65. The number of halogens is 1. The van der Waals surface area contributed by atoms with Crippen molar-refractivity contribution in [3.63, 3.8) is 0 Å². The predicted octanol–water partition coefficient (Wildman–Crippen LogP) is 2.23. The molecular formula is C14H14BrN3O. The van der Waals surface area contributed by atoms with Gasteiger partial charge in [-0.3, -0.25) is 9.78 Å². The summed E-state index contributed by atoms with van der Waals surface area (Å²) in [5.41, 5.74) is 7.84. The average Bonchev–Trinajstić information content (AvgIpc) is 2.45. The summed E-state index contributed by atoms with van der Waals surface area (Å²) in [5, 5.41) is 2.83. The number of nitrogens with two attached hydrogens (primary N) is 1. The van der Waals surface area contributed by atoms with Crippen LogP contribution in [0.2, 0.25) is 0 Å². The zero-order valence-electron chi connectivity index (χ0n) is 10.3. The summed E-state index contributed by atoms with van der Waals surface area (Å²) in [6, 6.07) is 11.3. The Morgan fingerprint density at radius 1 is 1.26 bits per heavy atom. The molecule has 3 N–H and O–H groups in total. The first-order valence-electron chi connectivity index (χ1n) is 5.86. The third-order valence-electron chi connectivity index (χ3n) is 2.63. The summed E-state index contributed by atoms with van der Waals surface area (Å²) in [7, 11) is 0. The molecule has 1 aromatic carbocycles. The van der Waals surface area contributed by atoms with Crippen LogP contribution in [0.5, 0.6) is 0 Å². The highest BCUT2D eigenvalue weighted by Crippen LogP contribution is 2.11. The summed E-state index contributed by atoms with van der Waals surface area (Å²) >= 11 is 3.39. The molecule has 4 nitrogen and oxygen atoms in total. The van der Waals surface area contributed by atoms with Gasteiger partial charge in [0.15, 0.2) is 0 Å². The summed E-state index contributed by atoms with van der Waals surface area (Å²) in [6.07, 6.45) is 1.59. The Morgan fingerprint density at radius 3 is 2.84 bits per heavy atom. The molecule has 0 saturated carbocycles. The van der Waals surface area contributed by atoms with Crippen LogP contribution in [0.15, 0.2) is 47.1 Å². The molecule has 1 heterocycles. The molecule has 0 aliphatic rings. The van der Waals surface area contributed by atoms with Crippen LogP contribution in [0.1, 0.15) is 21.6 Å². The van der Waals surface area contributed by atoms with Crippen molar-refractivity contribution in [2.45, 2.75) is 13.1 Å². The van der Waals surface area contributed by atoms with Crippen molar-refractivity contribution in [1.82, 2.24) is 10.3 Å². The molecule has 2 aromatic rings. The van der Waals surface area contributed by atoms with Gasteiger partial charge in [-0.15, -0.1) is 0 Å². The number of nitrogens with zero attached hydrogens (tertiary/aromatic N) is 1. The van der Waals surface area contributed by atoms with E-state index in [1.807, 2.05) is 24.3 Å². The monoisotopic (exact) mass is 319 g/mol. The molecule has 2 rings (SSSR count). The van der Waals surface area contributed by atoms with Gasteiger partial charge in [-0.2, -0.15) is 0 Å². The van der Waals surface area contributed by atoms with E-state index in [9.17, 15) is 4.79 Å². The highest BCUT2D eigenvalue weighted by molar-refractivity contribution is 9.10. The molecule has 0 aliphatic carbocycles. The van der Waals surface area contributed by atoms with Crippen LogP contribution in [-0.4, -0.2) is 10.9 Å². The molecule has 0 bridgehead atoms. The van der Waals surface area contributed by atoms with E-state index in [0.29, 0.717) is 18.8 Å². The Morgan fingerprint density at radius 2 is 2.11 bits per heavy atom. The van der Waals surface area contributed by atoms with E-state index in [0.717, 1.165) is 15.6 Å². The molecular weight excluding hydrogens is 306 g/mol. The van der Waals surface area contributed by atoms with Gasteiger partial charge in [0.2, 0.25) is 0 Å². The van der Waals surface area contributed by atoms with Gasteiger partial charge in [0, 0.05) is 23.8 Å². The first kappa shape index (κ1) is 13.7. The largest absolute Gasteiger partial charge is 0.347 e. The number of rotatable bonds is 4. The van der Waals surface area contributed by atoms with Gasteiger partial charge in [0.1, 0.15) is 5.69 Å². The van der Waals surface area contributed by atoms with Crippen LogP contribution in [0.3, 0.4) is 0 Å². The van der Waals surface area contributed by atoms with Crippen LogP contribution < -0.4 is 11.1 Å². The normalized spacial score (nSPS) is 10.2. The topological polar surface area (TPSA) is 68.0 Å². The van der Waals surface area contributed by atoms with Crippen molar-refractivity contribution >= 4 is 21.8 Å². The van der Waals surface area contributed by atoms with Crippen molar-refractivity contribution in [3.05, 3.63) is 63.9 Å². The molecule has 1 amide bonds. The minimum absolute atomic E-state index is 0.199. The quantitative estimate of drug-likeness (QED) is 0.908. The molecule has 0 atom stereocenters. The van der Waals surface area contributed by atoms with Crippen LogP contribution in [0.4, 0.5) is 0 Å². The van der Waals surface area contributed by atoms with Crippen molar-refractivity contribution in [2.75, 3.05) is 0 Å². The van der Waals surface area contributed by atoms with E-state index in [4.69, 9.17) is 5.73 Å². The maximum atomic E-state index is 11.9. The zero-order chi connectivity index (χ0) is 13.7. The van der Waals surface area contributed by atoms with Crippen molar-refractivity contribution < 1.29 is 4.79 Å². The van der Waals surface area contributed by atoms with E-state index < -0.39 is 0 Å². The molecule has 0 fully saturated rings. The first-order valence-corrected chi connectivity index (χ1v) is 6.66. The van der Waals surface area contributed by atoms with E-state index in [-0.39, 0.29) is 5.91 Å². The maximum Gasteiger partial charge on any atom is 0.270 e. The number of nitrogens with one attached hydrogen (secondary N) is 1. The van der Waals surface area contributed by atoms with Gasteiger partial charge in [0.25, 0.3) is 5.91 Å². The van der Waals surface area contributed by atoms with Crippen molar-refractivity contribution in [2.24, 2.45) is 5.73 Å². The van der Waals surface area contributed by atoms with Crippen LogP contribution in [0.25, 0.3) is 0 Å². The van der Waals surface area contributed by atoms with Crippen molar-refractivity contribution in [3.8, 4) is 0 Å². The Labute approximate surface area is 120 Å². The van der Waals surface area contributed by atoms with Crippen LogP contribution in [0, 0.1) is 0 Å². The number of pyridine rings is 1. The zero-order valence-corrected chi connectivity index (χ0v) is 11.9. The lowest BCUT2D eigenvalue weighted by Crippen LogP contribution is -2.24. The molecule has 0 saturated heterocycles. The van der Waals surface area contributed by atoms with Gasteiger partial charge < -0.3 is 11.1 Å². The molecule has 19 heavy (non-hydrogen) atoms. The number of aromatic nitrogens is 1. The lowest BCUT2D eigenvalue weighted by molar-refractivity contribution is 0.0946. The lowest BCUT2D eigenvalue weighted by Gasteiger charge is -2.06. The fraction of sp³-hybridized carbons (Fsp3) is 0.143. The SMILES string of the molecule is NCc1ccnc(C(=O)NCc2cccc(Br)c2)c1. The third-order valence-corrected chi connectivity index (χ3v) is 3.13. The third kappa shape index (κ3) is 3.87.